The van der Waals surface area contributed by atoms with Gasteiger partial charge in [-0.25, -0.2) is 0 Å². The lowest BCUT2D eigenvalue weighted by Crippen LogP contribution is -2.31. The molecule has 1 nitrogen and oxygen atoms in total. The van der Waals surface area contributed by atoms with Gasteiger partial charge in [-0.1, -0.05) is 58.1 Å². The van der Waals surface area contributed by atoms with Gasteiger partial charge in [-0.2, -0.15) is 0 Å². The Morgan fingerprint density at radius 1 is 0.944 bits per heavy atom. The van der Waals surface area contributed by atoms with Crippen molar-refractivity contribution in [2.24, 2.45) is 11.8 Å². The van der Waals surface area contributed by atoms with Crippen molar-refractivity contribution in [2.45, 2.75) is 79.1 Å². The zero-order valence-corrected chi connectivity index (χ0v) is 12.7. The van der Waals surface area contributed by atoms with Gasteiger partial charge in [-0.3, -0.25) is 4.79 Å². The van der Waals surface area contributed by atoms with Crippen LogP contribution in [-0.4, -0.2) is 5.78 Å². The molecule has 2 atom stereocenters. The van der Waals surface area contributed by atoms with Crippen LogP contribution in [0, 0.1) is 11.8 Å². The second-order valence-corrected chi connectivity index (χ2v) is 5.67. The van der Waals surface area contributed by atoms with Crippen molar-refractivity contribution in [1.29, 1.82) is 0 Å². The number of hydrogen-bond acceptors (Lipinski definition) is 1. The van der Waals surface area contributed by atoms with Crippen LogP contribution in [0.2, 0.25) is 0 Å². The summed E-state index contributed by atoms with van der Waals surface area (Å²) in [4.78, 5) is 12.4. The molecule has 0 saturated carbocycles. The molecule has 104 valence electrons. The van der Waals surface area contributed by atoms with Crippen LogP contribution in [-0.2, 0) is 4.79 Å². The van der Waals surface area contributed by atoms with Gasteiger partial charge in [0.1, 0.15) is 5.78 Å². The van der Waals surface area contributed by atoms with Gasteiger partial charge in [0.15, 0.2) is 0 Å². The Labute approximate surface area is 113 Å². The summed E-state index contributed by atoms with van der Waals surface area (Å²) in [6.07, 6.45) is 8.82. The Balaban J connectivity index is 3.03. The molecular formula is C17H30O. The predicted octanol–water partition coefficient (Wildman–Crippen LogP) is 5.30. The quantitative estimate of drug-likeness (QED) is 0.560. The average molecular weight is 250 g/mol. The molecule has 0 radical (unpaired) electrons. The molecule has 0 N–H and O–H groups in total. The van der Waals surface area contributed by atoms with Crippen LogP contribution in [0.3, 0.4) is 0 Å². The minimum Gasteiger partial charge on any atom is -0.299 e. The zero-order chi connectivity index (χ0) is 13.5. The number of rotatable bonds is 7. The largest absolute Gasteiger partial charge is 0.299 e. The van der Waals surface area contributed by atoms with Crippen molar-refractivity contribution >= 4 is 5.78 Å². The molecule has 0 amide bonds. The fraction of sp³-hybridized carbons (Fsp3) is 0.824. The number of hydrogen-bond donors (Lipinski definition) is 0. The van der Waals surface area contributed by atoms with E-state index < -0.39 is 0 Å². The normalized spacial score (nSPS) is 24.8. The molecule has 0 fully saturated rings. The van der Waals surface area contributed by atoms with Gasteiger partial charge in [-0.15, -0.1) is 0 Å². The highest BCUT2D eigenvalue weighted by molar-refractivity contribution is 5.85. The van der Waals surface area contributed by atoms with Crippen LogP contribution in [0.4, 0.5) is 0 Å². The Morgan fingerprint density at radius 2 is 1.56 bits per heavy atom. The average Bonchev–Trinajstić information content (AvgIpc) is 2.35. The maximum atomic E-state index is 12.4. The first kappa shape index (κ1) is 15.5. The second kappa shape index (κ2) is 7.76. The van der Waals surface area contributed by atoms with Crippen LogP contribution in [0.5, 0.6) is 0 Å². The Morgan fingerprint density at radius 3 is 2.06 bits per heavy atom. The monoisotopic (exact) mass is 250 g/mol. The van der Waals surface area contributed by atoms with Gasteiger partial charge in [0.2, 0.25) is 0 Å². The summed E-state index contributed by atoms with van der Waals surface area (Å²) < 4.78 is 0. The first-order valence-electron chi connectivity index (χ1n) is 7.92. The van der Waals surface area contributed by atoms with E-state index in [0.29, 0.717) is 17.6 Å². The molecule has 1 rings (SSSR count). The maximum absolute atomic E-state index is 12.4. The molecule has 1 aliphatic carbocycles. The number of allylic oxidation sites excluding steroid dienone is 2. The van der Waals surface area contributed by atoms with Gasteiger partial charge in [0.05, 0.1) is 0 Å². The van der Waals surface area contributed by atoms with Crippen molar-refractivity contribution in [1.82, 2.24) is 0 Å². The number of Topliss-reactive ketones (excluding diaryl/α,β-unsaturated/α-hetero) is 1. The van der Waals surface area contributed by atoms with E-state index in [4.69, 9.17) is 0 Å². The second-order valence-electron chi connectivity index (χ2n) is 5.67. The summed E-state index contributed by atoms with van der Waals surface area (Å²) in [5.74, 6) is 1.41. The van der Waals surface area contributed by atoms with E-state index in [1.165, 1.54) is 24.8 Å². The minimum absolute atomic E-state index is 0.325. The lowest BCUT2D eigenvalue weighted by atomic mass is 9.69. The zero-order valence-electron chi connectivity index (χ0n) is 12.7. The molecule has 0 heterocycles. The van der Waals surface area contributed by atoms with Crippen LogP contribution in [0.1, 0.15) is 79.1 Å². The first-order chi connectivity index (χ1) is 8.69. The molecule has 1 heteroatoms. The lowest BCUT2D eigenvalue weighted by molar-refractivity contribution is -0.124. The van der Waals surface area contributed by atoms with Gasteiger partial charge < -0.3 is 0 Å². The minimum atomic E-state index is 0.325. The van der Waals surface area contributed by atoms with E-state index in [-0.39, 0.29) is 0 Å². The van der Waals surface area contributed by atoms with Gasteiger partial charge in [-0.05, 0) is 31.6 Å². The standard InChI is InChI=1S/C17H30O/c1-5-9-13-12-17(18)16(11-7-3)15(10-6-2)14(13)8-4/h15-16H,5-12H2,1-4H3. The van der Waals surface area contributed by atoms with Crippen molar-refractivity contribution in [3.05, 3.63) is 11.1 Å². The van der Waals surface area contributed by atoms with E-state index in [9.17, 15) is 4.79 Å². The summed E-state index contributed by atoms with van der Waals surface area (Å²) in [7, 11) is 0. The van der Waals surface area contributed by atoms with E-state index in [1.807, 2.05) is 0 Å². The van der Waals surface area contributed by atoms with E-state index in [2.05, 4.69) is 27.7 Å². The molecule has 2 unspecified atom stereocenters. The highest BCUT2D eigenvalue weighted by Crippen LogP contribution is 2.40. The molecule has 1 aliphatic rings. The molecule has 0 bridgehead atoms. The topological polar surface area (TPSA) is 17.1 Å². The number of carbonyl (C=O) groups excluding carboxylic acids is 1. The molecule has 0 spiro atoms. The van der Waals surface area contributed by atoms with Crippen molar-refractivity contribution in [3.63, 3.8) is 0 Å². The Kier molecular flexibility index (Phi) is 6.67. The number of ketones is 1. The van der Waals surface area contributed by atoms with Crippen molar-refractivity contribution < 1.29 is 4.79 Å². The maximum Gasteiger partial charge on any atom is 0.140 e. The Bertz CT molecular complexity index is 301. The Hall–Kier alpha value is -0.590. The smallest absolute Gasteiger partial charge is 0.140 e. The van der Waals surface area contributed by atoms with E-state index >= 15 is 0 Å². The third kappa shape index (κ3) is 3.46. The van der Waals surface area contributed by atoms with Gasteiger partial charge in [0, 0.05) is 12.3 Å². The predicted molar refractivity (Wildman–Crippen MR) is 78.6 cm³/mol. The SMILES string of the molecule is CCCC1=C(CC)C(CCC)C(CCC)C(=O)C1. The molecule has 0 aliphatic heterocycles. The van der Waals surface area contributed by atoms with Crippen molar-refractivity contribution in [2.75, 3.05) is 0 Å². The lowest BCUT2D eigenvalue weighted by Gasteiger charge is -2.34. The van der Waals surface area contributed by atoms with E-state index in [1.54, 1.807) is 5.57 Å². The highest BCUT2D eigenvalue weighted by Gasteiger charge is 2.34. The van der Waals surface area contributed by atoms with E-state index in [0.717, 1.165) is 32.1 Å². The fourth-order valence-corrected chi connectivity index (χ4v) is 3.61. The van der Waals surface area contributed by atoms with Crippen molar-refractivity contribution in [3.8, 4) is 0 Å². The third-order valence-corrected chi connectivity index (χ3v) is 4.32. The van der Waals surface area contributed by atoms with Crippen LogP contribution < -0.4 is 0 Å². The highest BCUT2D eigenvalue weighted by atomic mass is 16.1. The summed E-state index contributed by atoms with van der Waals surface area (Å²) in [6, 6.07) is 0. The van der Waals surface area contributed by atoms with Crippen LogP contribution >= 0.6 is 0 Å². The molecular weight excluding hydrogens is 220 g/mol. The molecule has 0 aromatic rings. The summed E-state index contributed by atoms with van der Waals surface area (Å²) in [6.45, 7) is 8.94. The summed E-state index contributed by atoms with van der Waals surface area (Å²) >= 11 is 0. The molecule has 0 aromatic heterocycles. The summed E-state index contributed by atoms with van der Waals surface area (Å²) in [5, 5.41) is 0. The first-order valence-corrected chi connectivity index (χ1v) is 7.92. The molecule has 0 saturated heterocycles. The third-order valence-electron chi connectivity index (χ3n) is 4.32. The van der Waals surface area contributed by atoms with Crippen LogP contribution in [0.15, 0.2) is 11.1 Å². The molecule has 18 heavy (non-hydrogen) atoms. The van der Waals surface area contributed by atoms with Crippen LogP contribution in [0.25, 0.3) is 0 Å². The number of carbonyl (C=O) groups is 1. The van der Waals surface area contributed by atoms with Gasteiger partial charge in [0.25, 0.3) is 0 Å². The molecule has 0 aromatic carbocycles. The van der Waals surface area contributed by atoms with Gasteiger partial charge >= 0.3 is 0 Å². The summed E-state index contributed by atoms with van der Waals surface area (Å²) in [5.41, 5.74) is 3.12. The fourth-order valence-electron chi connectivity index (χ4n) is 3.61.